The molecule has 3 aliphatic heterocycles. The van der Waals surface area contributed by atoms with Gasteiger partial charge in [-0.25, -0.2) is 0 Å². The zero-order valence-corrected chi connectivity index (χ0v) is 12.2. The Kier molecular flexibility index (Phi) is 3.82. The summed E-state index contributed by atoms with van der Waals surface area (Å²) in [5.74, 6) is 0.166. The minimum Gasteiger partial charge on any atom is -0.348 e. The number of benzene rings is 1. The van der Waals surface area contributed by atoms with E-state index in [1.807, 2.05) is 0 Å². The molecule has 1 atom stereocenters. The first-order valence-corrected chi connectivity index (χ1v) is 7.40. The average molecular weight is 310 g/mol. The molecule has 2 bridgehead atoms. The van der Waals surface area contributed by atoms with Crippen LogP contribution in [0.3, 0.4) is 0 Å². The van der Waals surface area contributed by atoms with E-state index in [1.54, 1.807) is 0 Å². The number of carbonyl (C=O) groups excluding carboxylic acids is 1. The summed E-state index contributed by atoms with van der Waals surface area (Å²) in [5.41, 5.74) is -0.0689. The summed E-state index contributed by atoms with van der Waals surface area (Å²) in [6, 6.07) is 4.41. The molecule has 0 aliphatic carbocycles. The highest BCUT2D eigenvalue weighted by Crippen LogP contribution is 2.30. The van der Waals surface area contributed by atoms with Gasteiger partial charge in [0, 0.05) is 18.7 Å². The van der Waals surface area contributed by atoms with E-state index in [9.17, 15) is 14.9 Å². The van der Waals surface area contributed by atoms with E-state index in [1.165, 1.54) is 18.2 Å². The van der Waals surface area contributed by atoms with Crippen LogP contribution in [0, 0.1) is 16.0 Å². The summed E-state index contributed by atoms with van der Waals surface area (Å²) in [4.78, 5) is 25.0. The standard InChI is InChI=1S/C14H16ClN3O3/c15-13-10(2-1-3-12(13)18(20)21)14(19)16-11-8-17-6-4-9(11)5-7-17/h1-3,9,11H,4-8H2,(H,16,19). The van der Waals surface area contributed by atoms with Gasteiger partial charge < -0.3 is 10.2 Å². The van der Waals surface area contributed by atoms with Crippen LogP contribution >= 0.6 is 11.6 Å². The number of piperidine rings is 3. The van der Waals surface area contributed by atoms with E-state index >= 15 is 0 Å². The van der Waals surface area contributed by atoms with Gasteiger partial charge in [0.25, 0.3) is 11.6 Å². The predicted molar refractivity (Wildman–Crippen MR) is 78.5 cm³/mol. The third kappa shape index (κ3) is 2.73. The summed E-state index contributed by atoms with van der Waals surface area (Å²) in [6.45, 7) is 3.03. The lowest BCUT2D eigenvalue weighted by atomic mass is 9.84. The predicted octanol–water partition coefficient (Wildman–Crippen LogP) is 2.07. The highest BCUT2D eigenvalue weighted by molar-refractivity contribution is 6.35. The minimum atomic E-state index is -0.576. The fourth-order valence-electron chi connectivity index (χ4n) is 3.21. The van der Waals surface area contributed by atoms with Crippen molar-refractivity contribution in [3.05, 3.63) is 38.9 Å². The number of carbonyl (C=O) groups is 1. The van der Waals surface area contributed by atoms with E-state index in [0.29, 0.717) is 5.92 Å². The quantitative estimate of drug-likeness (QED) is 0.685. The zero-order valence-electron chi connectivity index (χ0n) is 11.4. The molecule has 21 heavy (non-hydrogen) atoms. The first-order chi connectivity index (χ1) is 10.1. The van der Waals surface area contributed by atoms with E-state index in [2.05, 4.69) is 10.2 Å². The summed E-state index contributed by atoms with van der Waals surface area (Å²) in [7, 11) is 0. The molecule has 3 fully saturated rings. The second-order valence-electron chi connectivity index (χ2n) is 5.61. The van der Waals surface area contributed by atoms with Crippen molar-refractivity contribution in [3.63, 3.8) is 0 Å². The molecular weight excluding hydrogens is 294 g/mol. The maximum absolute atomic E-state index is 12.3. The molecule has 3 heterocycles. The molecule has 0 aromatic heterocycles. The van der Waals surface area contributed by atoms with Crippen LogP contribution in [0.1, 0.15) is 23.2 Å². The van der Waals surface area contributed by atoms with Crippen molar-refractivity contribution in [1.29, 1.82) is 0 Å². The number of hydrogen-bond acceptors (Lipinski definition) is 4. The molecule has 1 N–H and O–H groups in total. The Morgan fingerprint density at radius 1 is 1.38 bits per heavy atom. The Balaban J connectivity index is 1.77. The van der Waals surface area contributed by atoms with Gasteiger partial charge >= 0.3 is 0 Å². The smallest absolute Gasteiger partial charge is 0.288 e. The molecular formula is C14H16ClN3O3. The summed E-state index contributed by atoms with van der Waals surface area (Å²) in [6.07, 6.45) is 2.18. The number of rotatable bonds is 3. The molecule has 1 aromatic carbocycles. The molecule has 112 valence electrons. The van der Waals surface area contributed by atoms with E-state index in [-0.39, 0.29) is 28.2 Å². The number of halogens is 1. The third-order valence-corrected chi connectivity index (χ3v) is 4.79. The molecule has 1 amide bonds. The Bertz CT molecular complexity index is 585. The maximum Gasteiger partial charge on any atom is 0.288 e. The minimum absolute atomic E-state index is 0.0960. The van der Waals surface area contributed by atoms with E-state index < -0.39 is 4.92 Å². The SMILES string of the molecule is O=C(NC1CN2CCC1CC2)c1cccc([N+](=O)[O-])c1Cl. The first kappa shape index (κ1) is 14.3. The molecule has 0 saturated carbocycles. The van der Waals surface area contributed by atoms with Gasteiger partial charge in [-0.2, -0.15) is 0 Å². The fraction of sp³-hybridized carbons (Fsp3) is 0.500. The van der Waals surface area contributed by atoms with Crippen molar-refractivity contribution in [2.45, 2.75) is 18.9 Å². The zero-order chi connectivity index (χ0) is 15.0. The third-order valence-electron chi connectivity index (χ3n) is 4.39. The van der Waals surface area contributed by atoms with Crippen molar-refractivity contribution >= 4 is 23.2 Å². The van der Waals surface area contributed by atoms with Crippen molar-refractivity contribution < 1.29 is 9.72 Å². The lowest BCUT2D eigenvalue weighted by molar-refractivity contribution is -0.384. The summed E-state index contributed by atoms with van der Waals surface area (Å²) >= 11 is 5.98. The van der Waals surface area contributed by atoms with Crippen molar-refractivity contribution in [1.82, 2.24) is 10.2 Å². The lowest BCUT2D eigenvalue weighted by Crippen LogP contribution is -2.57. The highest BCUT2D eigenvalue weighted by atomic mass is 35.5. The second kappa shape index (κ2) is 5.61. The maximum atomic E-state index is 12.3. The van der Waals surface area contributed by atoms with Crippen LogP contribution in [0.15, 0.2) is 18.2 Å². The molecule has 4 rings (SSSR count). The van der Waals surface area contributed by atoms with Gasteiger partial charge in [-0.15, -0.1) is 0 Å². The van der Waals surface area contributed by atoms with Crippen LogP contribution in [0.5, 0.6) is 0 Å². The van der Waals surface area contributed by atoms with Crippen molar-refractivity contribution in [2.75, 3.05) is 19.6 Å². The topological polar surface area (TPSA) is 75.5 Å². The molecule has 6 nitrogen and oxygen atoms in total. The average Bonchev–Trinajstić information content (AvgIpc) is 2.48. The van der Waals surface area contributed by atoms with E-state index in [4.69, 9.17) is 11.6 Å². The largest absolute Gasteiger partial charge is 0.348 e. The number of hydrogen-bond donors (Lipinski definition) is 1. The molecule has 0 spiro atoms. The van der Waals surface area contributed by atoms with Gasteiger partial charge in [0.2, 0.25) is 0 Å². The van der Waals surface area contributed by atoms with Crippen molar-refractivity contribution in [2.24, 2.45) is 5.92 Å². The van der Waals surface area contributed by atoms with Gasteiger partial charge in [-0.05, 0) is 37.9 Å². The molecule has 0 radical (unpaired) electrons. The van der Waals surface area contributed by atoms with Crippen LogP contribution in [0.4, 0.5) is 5.69 Å². The van der Waals surface area contributed by atoms with Gasteiger partial charge in [-0.3, -0.25) is 14.9 Å². The molecule has 7 heteroatoms. The van der Waals surface area contributed by atoms with Crippen molar-refractivity contribution in [3.8, 4) is 0 Å². The van der Waals surface area contributed by atoms with Gasteiger partial charge in [-0.1, -0.05) is 17.7 Å². The van der Waals surface area contributed by atoms with Gasteiger partial charge in [0.15, 0.2) is 0 Å². The Morgan fingerprint density at radius 3 is 2.67 bits per heavy atom. The number of fused-ring (bicyclic) bond motifs is 3. The van der Waals surface area contributed by atoms with E-state index in [0.717, 1.165) is 32.5 Å². The normalized spacial score (nSPS) is 27.4. The lowest BCUT2D eigenvalue weighted by Gasteiger charge is -2.44. The Hall–Kier alpha value is -1.66. The molecule has 3 aliphatic rings. The van der Waals surface area contributed by atoms with Gasteiger partial charge in [0.05, 0.1) is 10.5 Å². The van der Waals surface area contributed by atoms with Crippen LogP contribution in [-0.4, -0.2) is 41.4 Å². The first-order valence-electron chi connectivity index (χ1n) is 7.02. The fourth-order valence-corrected chi connectivity index (χ4v) is 3.49. The molecule has 1 unspecified atom stereocenters. The van der Waals surface area contributed by atoms with Gasteiger partial charge in [0.1, 0.15) is 5.02 Å². The number of amides is 1. The monoisotopic (exact) mass is 309 g/mol. The molecule has 1 aromatic rings. The summed E-state index contributed by atoms with van der Waals surface area (Å²) in [5, 5.41) is 13.8. The van der Waals surface area contributed by atoms with Crippen LogP contribution in [0.25, 0.3) is 0 Å². The second-order valence-corrected chi connectivity index (χ2v) is 5.99. The number of nitrogens with one attached hydrogen (secondary N) is 1. The number of nitro benzene ring substituents is 1. The van der Waals surface area contributed by atoms with Crippen LogP contribution in [-0.2, 0) is 0 Å². The highest BCUT2D eigenvalue weighted by Gasteiger charge is 2.35. The van der Waals surface area contributed by atoms with Crippen LogP contribution in [0.2, 0.25) is 5.02 Å². The molecule has 3 saturated heterocycles. The Labute approximate surface area is 127 Å². The Morgan fingerprint density at radius 2 is 2.10 bits per heavy atom. The summed E-state index contributed by atoms with van der Waals surface area (Å²) < 4.78 is 0. The number of nitro groups is 1. The number of nitrogens with zero attached hydrogens (tertiary/aromatic N) is 2. The van der Waals surface area contributed by atoms with Crippen LogP contribution < -0.4 is 5.32 Å².